The summed E-state index contributed by atoms with van der Waals surface area (Å²) in [5.41, 5.74) is 0. The lowest BCUT2D eigenvalue weighted by Gasteiger charge is -2.32. The summed E-state index contributed by atoms with van der Waals surface area (Å²) in [5.74, 6) is 0.681. The largest absolute Gasteiger partial charge is 0.304 e. The molecule has 0 amide bonds. The van der Waals surface area contributed by atoms with Crippen molar-refractivity contribution in [1.82, 2.24) is 19.6 Å². The van der Waals surface area contributed by atoms with Crippen LogP contribution in [0.4, 0.5) is 0 Å². The van der Waals surface area contributed by atoms with Crippen molar-refractivity contribution >= 4 is 25.5 Å². The number of ketones is 1. The van der Waals surface area contributed by atoms with Gasteiger partial charge in [0.1, 0.15) is 0 Å². The fourth-order valence-electron chi connectivity index (χ4n) is 5.49. The molecule has 2 aliphatic heterocycles. The predicted octanol–water partition coefficient (Wildman–Crippen LogP) is 0.998. The Labute approximate surface area is 220 Å². The van der Waals surface area contributed by atoms with Gasteiger partial charge in [-0.15, -0.1) is 0 Å². The van der Waals surface area contributed by atoms with E-state index < -0.39 is 19.7 Å². The zero-order chi connectivity index (χ0) is 26.8. The van der Waals surface area contributed by atoms with Crippen molar-refractivity contribution in [2.24, 2.45) is 0 Å². The summed E-state index contributed by atoms with van der Waals surface area (Å²) in [4.78, 5) is 22.1. The molecule has 0 saturated carbocycles. The summed E-state index contributed by atoms with van der Waals surface area (Å²) >= 11 is 0. The molecule has 11 heteroatoms. The van der Waals surface area contributed by atoms with Crippen LogP contribution in [0.1, 0.15) is 53.4 Å². The molecular weight excluding hydrogens is 500 g/mol. The Hall–Kier alpha value is -0.590. The van der Waals surface area contributed by atoms with Gasteiger partial charge < -0.3 is 9.80 Å². The quantitative estimate of drug-likeness (QED) is 0.247. The third-order valence-corrected chi connectivity index (χ3v) is 11.3. The molecule has 2 aliphatic rings. The summed E-state index contributed by atoms with van der Waals surface area (Å²) in [6.07, 6.45) is 2.94. The third-order valence-electron chi connectivity index (χ3n) is 7.84. The highest BCUT2D eigenvalue weighted by molar-refractivity contribution is 7.91. The molecule has 0 unspecified atom stereocenters. The molecular formula is C25H50N4O5S2. The van der Waals surface area contributed by atoms with Crippen LogP contribution in [0.2, 0.25) is 0 Å². The van der Waals surface area contributed by atoms with E-state index in [9.17, 15) is 21.6 Å². The van der Waals surface area contributed by atoms with Crippen molar-refractivity contribution in [2.75, 3.05) is 88.5 Å². The van der Waals surface area contributed by atoms with Gasteiger partial charge >= 0.3 is 0 Å². The fourth-order valence-corrected chi connectivity index (χ4v) is 9.01. The van der Waals surface area contributed by atoms with Crippen LogP contribution in [0.5, 0.6) is 0 Å². The maximum Gasteiger partial charge on any atom is 0.160 e. The van der Waals surface area contributed by atoms with Crippen LogP contribution in [-0.4, -0.2) is 143 Å². The van der Waals surface area contributed by atoms with E-state index in [1.807, 2.05) is 0 Å². The summed E-state index contributed by atoms with van der Waals surface area (Å²) in [7, 11) is -6.09. The number of rotatable bonds is 18. The van der Waals surface area contributed by atoms with E-state index in [0.717, 1.165) is 52.1 Å². The van der Waals surface area contributed by atoms with Gasteiger partial charge in [-0.05, 0) is 65.0 Å². The van der Waals surface area contributed by atoms with Gasteiger partial charge in [-0.25, -0.2) is 16.8 Å². The lowest BCUT2D eigenvalue weighted by molar-refractivity contribution is -0.122. The monoisotopic (exact) mass is 550 g/mol. The van der Waals surface area contributed by atoms with Crippen LogP contribution in [0.25, 0.3) is 0 Å². The van der Waals surface area contributed by atoms with Crippen molar-refractivity contribution in [3.05, 3.63) is 0 Å². The molecule has 0 N–H and O–H groups in total. The number of sulfone groups is 2. The van der Waals surface area contributed by atoms with Gasteiger partial charge in [-0.2, -0.15) is 0 Å². The first-order valence-corrected chi connectivity index (χ1v) is 17.5. The van der Waals surface area contributed by atoms with Gasteiger partial charge in [0.25, 0.3) is 0 Å². The topological polar surface area (TPSA) is 98.3 Å². The van der Waals surface area contributed by atoms with Gasteiger partial charge in [0.15, 0.2) is 25.5 Å². The molecule has 2 heterocycles. The van der Waals surface area contributed by atoms with Gasteiger partial charge in [0, 0.05) is 25.2 Å². The second kappa shape index (κ2) is 15.1. The van der Waals surface area contributed by atoms with E-state index in [1.165, 1.54) is 0 Å². The summed E-state index contributed by atoms with van der Waals surface area (Å²) in [6.45, 7) is 16.1. The van der Waals surface area contributed by atoms with Crippen LogP contribution in [0, 0.1) is 0 Å². The first-order valence-electron chi connectivity index (χ1n) is 13.9. The van der Waals surface area contributed by atoms with Crippen molar-refractivity contribution in [3.8, 4) is 0 Å². The average Bonchev–Trinajstić information content (AvgIpc) is 3.38. The van der Waals surface area contributed by atoms with Gasteiger partial charge in [0.05, 0.1) is 36.1 Å². The molecule has 2 rings (SSSR count). The Morgan fingerprint density at radius 1 is 0.639 bits per heavy atom. The van der Waals surface area contributed by atoms with Gasteiger partial charge in [0.2, 0.25) is 0 Å². The fraction of sp³-hybridized carbons (Fsp3) is 0.960. The van der Waals surface area contributed by atoms with Crippen LogP contribution in [0.15, 0.2) is 0 Å². The number of nitrogens with zero attached hydrogens (tertiary/aromatic N) is 4. The normalized spacial score (nSPS) is 23.4. The van der Waals surface area contributed by atoms with E-state index in [1.54, 1.807) is 0 Å². The highest BCUT2D eigenvalue weighted by Gasteiger charge is 2.35. The number of hydrogen-bond donors (Lipinski definition) is 0. The van der Waals surface area contributed by atoms with E-state index in [0.29, 0.717) is 25.9 Å². The van der Waals surface area contributed by atoms with Crippen molar-refractivity contribution in [2.45, 2.75) is 65.5 Å². The SMILES string of the molecule is CCN(CC)CCCN(CC(=O)CN(CCCN(CC)CC)[C@H]1CCS(=O)(=O)C1)[C@H]1CCS(=O)(=O)C1. The molecule has 0 bridgehead atoms. The zero-order valence-electron chi connectivity index (χ0n) is 23.0. The van der Waals surface area contributed by atoms with E-state index in [-0.39, 0.29) is 54.0 Å². The highest BCUT2D eigenvalue weighted by atomic mass is 32.2. The first kappa shape index (κ1) is 31.6. The van der Waals surface area contributed by atoms with Crippen LogP contribution in [0.3, 0.4) is 0 Å². The minimum Gasteiger partial charge on any atom is -0.304 e. The van der Waals surface area contributed by atoms with Crippen LogP contribution < -0.4 is 0 Å². The van der Waals surface area contributed by atoms with Crippen molar-refractivity contribution < 1.29 is 21.6 Å². The molecule has 0 spiro atoms. The minimum atomic E-state index is -3.05. The standard InChI is InChI=1S/C25H50N4O5S2/c1-5-26(6-2)13-9-15-28(23-11-17-35(31,32)21-23)19-25(30)20-29(16-10-14-27(7-3)8-4)24-12-18-36(33,34)22-24/h23-24H,5-22H2,1-4H3/t23-,24-/m0/s1. The molecule has 2 fully saturated rings. The average molecular weight is 551 g/mol. The molecule has 36 heavy (non-hydrogen) atoms. The Bertz CT molecular complexity index is 803. The first-order chi connectivity index (χ1) is 17.0. The molecule has 0 aromatic rings. The summed E-state index contributed by atoms with van der Waals surface area (Å²) < 4.78 is 48.6. The lowest BCUT2D eigenvalue weighted by atomic mass is 10.1. The highest BCUT2D eigenvalue weighted by Crippen LogP contribution is 2.20. The molecule has 0 aromatic carbocycles. The molecule has 2 atom stereocenters. The number of hydrogen-bond acceptors (Lipinski definition) is 9. The maximum atomic E-state index is 13.3. The van der Waals surface area contributed by atoms with Crippen LogP contribution in [-0.2, 0) is 24.5 Å². The minimum absolute atomic E-state index is 0.0503. The smallest absolute Gasteiger partial charge is 0.160 e. The van der Waals surface area contributed by atoms with E-state index in [2.05, 4.69) is 47.3 Å². The van der Waals surface area contributed by atoms with Gasteiger partial charge in [-0.3, -0.25) is 14.6 Å². The van der Waals surface area contributed by atoms with Crippen molar-refractivity contribution in [3.63, 3.8) is 0 Å². The Morgan fingerprint density at radius 2 is 1.00 bits per heavy atom. The molecule has 9 nitrogen and oxygen atoms in total. The second-order valence-electron chi connectivity index (χ2n) is 10.4. The Kier molecular flexibility index (Phi) is 13.3. The predicted molar refractivity (Wildman–Crippen MR) is 147 cm³/mol. The molecule has 0 aromatic heterocycles. The zero-order valence-corrected chi connectivity index (χ0v) is 24.7. The number of Topliss-reactive ketones (excluding diaryl/α,β-unsaturated/α-hetero) is 1. The maximum absolute atomic E-state index is 13.3. The number of carbonyl (C=O) groups excluding carboxylic acids is 1. The number of carbonyl (C=O) groups is 1. The molecule has 0 aliphatic carbocycles. The Morgan fingerprint density at radius 3 is 1.28 bits per heavy atom. The summed E-state index contributed by atoms with van der Waals surface area (Å²) in [6, 6.07) is -0.225. The molecule has 0 radical (unpaired) electrons. The summed E-state index contributed by atoms with van der Waals surface area (Å²) in [5, 5.41) is 0. The Balaban J connectivity index is 2.03. The van der Waals surface area contributed by atoms with Gasteiger partial charge in [-0.1, -0.05) is 27.7 Å². The third kappa shape index (κ3) is 10.6. The second-order valence-corrected chi connectivity index (χ2v) is 14.8. The van der Waals surface area contributed by atoms with Crippen molar-refractivity contribution in [1.29, 1.82) is 0 Å². The molecule has 212 valence electrons. The van der Waals surface area contributed by atoms with Crippen LogP contribution >= 0.6 is 0 Å². The lowest BCUT2D eigenvalue weighted by Crippen LogP contribution is -2.47. The van der Waals surface area contributed by atoms with E-state index in [4.69, 9.17) is 0 Å². The molecule has 2 saturated heterocycles. The van der Waals surface area contributed by atoms with E-state index >= 15 is 0 Å².